The van der Waals surface area contributed by atoms with E-state index >= 15 is 0 Å². The molecular weight excluding hydrogens is 439 g/mol. The Morgan fingerprint density at radius 1 is 1.03 bits per heavy atom. The van der Waals surface area contributed by atoms with Crippen molar-refractivity contribution in [3.63, 3.8) is 0 Å². The normalized spacial score (nSPS) is 11.2. The number of nitrogens with zero attached hydrogens (tertiary/aromatic N) is 4. The number of ether oxygens (including phenoxy) is 1. The maximum atomic E-state index is 13.2. The fraction of sp³-hybridized carbons (Fsp3) is 0.227. The standard InChI is InChI=1S/C22H20Cl2N4O3/c1-2-26-14-25-20-19(26)21(29)27(10-11-31-18-9-8-16(23)12-17(18)24)22(30)28(20)13-15-6-4-3-5-7-15/h3-9,12,14H,2,10-11,13H2,1H3. The third-order valence-corrected chi connectivity index (χ3v) is 5.50. The lowest BCUT2D eigenvalue weighted by Crippen LogP contribution is -2.42. The van der Waals surface area contributed by atoms with Gasteiger partial charge in [0.1, 0.15) is 12.4 Å². The molecule has 0 amide bonds. The van der Waals surface area contributed by atoms with Crippen LogP contribution in [0.3, 0.4) is 0 Å². The summed E-state index contributed by atoms with van der Waals surface area (Å²) in [6.07, 6.45) is 1.58. The highest BCUT2D eigenvalue weighted by Crippen LogP contribution is 2.27. The Bertz CT molecular complexity index is 1340. The molecule has 0 saturated heterocycles. The number of benzene rings is 2. The molecule has 160 valence electrons. The molecule has 9 heteroatoms. The van der Waals surface area contributed by atoms with Crippen LogP contribution in [-0.4, -0.2) is 25.3 Å². The van der Waals surface area contributed by atoms with Gasteiger partial charge in [-0.1, -0.05) is 53.5 Å². The van der Waals surface area contributed by atoms with Crippen molar-refractivity contribution in [2.75, 3.05) is 6.61 Å². The van der Waals surface area contributed by atoms with Gasteiger partial charge in [-0.15, -0.1) is 0 Å². The van der Waals surface area contributed by atoms with Crippen molar-refractivity contribution < 1.29 is 4.74 Å². The number of aryl methyl sites for hydroxylation is 1. The van der Waals surface area contributed by atoms with Crippen LogP contribution in [-0.2, 0) is 19.6 Å². The van der Waals surface area contributed by atoms with Gasteiger partial charge in [0, 0.05) is 11.6 Å². The largest absolute Gasteiger partial charge is 0.490 e. The Morgan fingerprint density at radius 3 is 2.52 bits per heavy atom. The molecule has 0 spiro atoms. The van der Waals surface area contributed by atoms with E-state index in [1.54, 1.807) is 29.1 Å². The van der Waals surface area contributed by atoms with Gasteiger partial charge in [-0.25, -0.2) is 9.78 Å². The first-order valence-corrected chi connectivity index (χ1v) is 10.6. The second-order valence-electron chi connectivity index (χ2n) is 6.94. The van der Waals surface area contributed by atoms with Crippen LogP contribution in [0.15, 0.2) is 64.4 Å². The van der Waals surface area contributed by atoms with Crippen LogP contribution in [0.25, 0.3) is 11.2 Å². The van der Waals surface area contributed by atoms with Crippen LogP contribution >= 0.6 is 23.2 Å². The van der Waals surface area contributed by atoms with Gasteiger partial charge < -0.3 is 9.30 Å². The first kappa shape index (κ1) is 21.2. The lowest BCUT2D eigenvalue weighted by Gasteiger charge is -2.13. The summed E-state index contributed by atoms with van der Waals surface area (Å²) in [5, 5.41) is 0.858. The Labute approximate surface area is 188 Å². The molecule has 0 aliphatic rings. The van der Waals surface area contributed by atoms with Gasteiger partial charge >= 0.3 is 5.69 Å². The van der Waals surface area contributed by atoms with Crippen molar-refractivity contribution in [2.45, 2.75) is 26.6 Å². The first-order valence-electron chi connectivity index (χ1n) is 9.80. The van der Waals surface area contributed by atoms with Crippen molar-refractivity contribution >= 4 is 34.4 Å². The number of aromatic nitrogens is 4. The van der Waals surface area contributed by atoms with Gasteiger partial charge in [0.05, 0.1) is 24.4 Å². The fourth-order valence-electron chi connectivity index (χ4n) is 3.42. The molecule has 0 saturated carbocycles. The Kier molecular flexibility index (Phi) is 6.15. The van der Waals surface area contributed by atoms with Crippen molar-refractivity contribution in [2.24, 2.45) is 0 Å². The minimum atomic E-state index is -0.437. The van der Waals surface area contributed by atoms with Crippen molar-refractivity contribution in [3.8, 4) is 5.75 Å². The maximum absolute atomic E-state index is 13.2. The first-order chi connectivity index (χ1) is 15.0. The number of hydrogen-bond acceptors (Lipinski definition) is 4. The van der Waals surface area contributed by atoms with Crippen LogP contribution < -0.4 is 16.0 Å². The smallest absolute Gasteiger partial charge is 0.333 e. The van der Waals surface area contributed by atoms with E-state index in [1.165, 1.54) is 9.13 Å². The average molecular weight is 459 g/mol. The lowest BCUT2D eigenvalue weighted by molar-refractivity contribution is 0.292. The fourth-order valence-corrected chi connectivity index (χ4v) is 3.89. The molecule has 0 fully saturated rings. The summed E-state index contributed by atoms with van der Waals surface area (Å²) in [4.78, 5) is 30.7. The molecule has 0 N–H and O–H groups in total. The number of rotatable bonds is 7. The zero-order valence-electron chi connectivity index (χ0n) is 16.8. The maximum Gasteiger partial charge on any atom is 0.333 e. The van der Waals surface area contributed by atoms with Gasteiger partial charge in [0.15, 0.2) is 11.2 Å². The molecular formula is C22H20Cl2N4O3. The quantitative estimate of drug-likeness (QED) is 0.422. The van der Waals surface area contributed by atoms with E-state index < -0.39 is 11.2 Å². The number of hydrogen-bond donors (Lipinski definition) is 0. The van der Waals surface area contributed by atoms with Gasteiger partial charge in [-0.3, -0.25) is 13.9 Å². The molecule has 2 aromatic carbocycles. The van der Waals surface area contributed by atoms with Gasteiger partial charge in [-0.05, 0) is 30.7 Å². The average Bonchev–Trinajstić information content (AvgIpc) is 3.20. The summed E-state index contributed by atoms with van der Waals surface area (Å²) in [7, 11) is 0. The summed E-state index contributed by atoms with van der Waals surface area (Å²) in [5.74, 6) is 0.434. The van der Waals surface area contributed by atoms with Crippen molar-refractivity contribution in [1.82, 2.24) is 18.7 Å². The van der Waals surface area contributed by atoms with Crippen LogP contribution in [0.2, 0.25) is 10.0 Å². The molecule has 0 bridgehead atoms. The van der Waals surface area contributed by atoms with Gasteiger partial charge in [0.2, 0.25) is 0 Å². The van der Waals surface area contributed by atoms with E-state index in [0.29, 0.717) is 40.0 Å². The number of imidazole rings is 1. The van der Waals surface area contributed by atoms with E-state index in [1.807, 2.05) is 37.3 Å². The summed E-state index contributed by atoms with van der Waals surface area (Å²) in [6.45, 7) is 2.94. The second kappa shape index (κ2) is 8.99. The topological polar surface area (TPSA) is 71.1 Å². The lowest BCUT2D eigenvalue weighted by atomic mass is 10.2. The zero-order chi connectivity index (χ0) is 22.0. The van der Waals surface area contributed by atoms with E-state index in [2.05, 4.69) is 4.98 Å². The molecule has 0 unspecified atom stereocenters. The highest BCUT2D eigenvalue weighted by atomic mass is 35.5. The van der Waals surface area contributed by atoms with Crippen LogP contribution in [0.1, 0.15) is 12.5 Å². The van der Waals surface area contributed by atoms with Crippen LogP contribution in [0.5, 0.6) is 5.75 Å². The Balaban J connectivity index is 1.72. The highest BCUT2D eigenvalue weighted by Gasteiger charge is 2.18. The van der Waals surface area contributed by atoms with Crippen molar-refractivity contribution in [1.29, 1.82) is 0 Å². The van der Waals surface area contributed by atoms with E-state index in [-0.39, 0.29) is 13.2 Å². The predicted molar refractivity (Wildman–Crippen MR) is 121 cm³/mol. The van der Waals surface area contributed by atoms with Gasteiger partial charge in [-0.2, -0.15) is 0 Å². The Hall–Kier alpha value is -3.03. The zero-order valence-corrected chi connectivity index (χ0v) is 18.3. The molecule has 0 aliphatic heterocycles. The summed E-state index contributed by atoms with van der Waals surface area (Å²) >= 11 is 12.0. The number of halogens is 2. The van der Waals surface area contributed by atoms with Crippen LogP contribution in [0.4, 0.5) is 0 Å². The van der Waals surface area contributed by atoms with E-state index in [0.717, 1.165) is 5.56 Å². The molecule has 4 rings (SSSR count). The molecule has 31 heavy (non-hydrogen) atoms. The highest BCUT2D eigenvalue weighted by molar-refractivity contribution is 6.35. The van der Waals surface area contributed by atoms with E-state index in [4.69, 9.17) is 27.9 Å². The third-order valence-electron chi connectivity index (χ3n) is 4.97. The Morgan fingerprint density at radius 2 is 1.81 bits per heavy atom. The summed E-state index contributed by atoms with van der Waals surface area (Å²) in [5.41, 5.74) is 0.871. The minimum Gasteiger partial charge on any atom is -0.490 e. The molecule has 0 atom stereocenters. The molecule has 4 aromatic rings. The second-order valence-corrected chi connectivity index (χ2v) is 7.78. The molecule has 2 heterocycles. The molecule has 0 radical (unpaired) electrons. The van der Waals surface area contributed by atoms with Crippen molar-refractivity contribution in [3.05, 3.63) is 91.3 Å². The predicted octanol–water partition coefficient (Wildman–Crippen LogP) is 3.81. The summed E-state index contributed by atoms with van der Waals surface area (Å²) < 4.78 is 10.1. The monoisotopic (exact) mass is 458 g/mol. The molecule has 2 aromatic heterocycles. The number of fused-ring (bicyclic) bond motifs is 1. The minimum absolute atomic E-state index is 0.0657. The van der Waals surface area contributed by atoms with Crippen LogP contribution in [0, 0.1) is 0 Å². The van der Waals surface area contributed by atoms with Gasteiger partial charge in [0.25, 0.3) is 5.56 Å². The third kappa shape index (κ3) is 4.24. The molecule has 0 aliphatic carbocycles. The molecule has 7 nitrogen and oxygen atoms in total. The SMILES string of the molecule is CCn1cnc2c1c(=O)n(CCOc1ccc(Cl)cc1Cl)c(=O)n2Cc1ccccc1. The van der Waals surface area contributed by atoms with E-state index in [9.17, 15) is 9.59 Å². The summed E-state index contributed by atoms with van der Waals surface area (Å²) in [6, 6.07) is 14.5.